The molecule has 0 fully saturated rings. The number of anilines is 1. The molecule has 2 aromatic carbocycles. The van der Waals surface area contributed by atoms with Crippen molar-refractivity contribution in [3.63, 3.8) is 0 Å². The number of hydrogen-bond donors (Lipinski definition) is 1. The smallest absolute Gasteiger partial charge is 0.387 e. The van der Waals surface area contributed by atoms with Crippen LogP contribution in [0.5, 0.6) is 5.75 Å². The van der Waals surface area contributed by atoms with Crippen LogP contribution in [0.1, 0.15) is 36.7 Å². The Morgan fingerprint density at radius 3 is 2.45 bits per heavy atom. The predicted molar refractivity (Wildman–Crippen MR) is 107 cm³/mol. The Morgan fingerprint density at radius 2 is 1.79 bits per heavy atom. The van der Waals surface area contributed by atoms with Gasteiger partial charge in [0.1, 0.15) is 5.75 Å². The molecule has 0 saturated carbocycles. The third-order valence-corrected chi connectivity index (χ3v) is 4.39. The van der Waals surface area contributed by atoms with Crippen molar-refractivity contribution in [2.24, 2.45) is 0 Å². The highest BCUT2D eigenvalue weighted by Gasteiger charge is 2.17. The van der Waals surface area contributed by atoms with Gasteiger partial charge in [-0.15, -0.1) is 0 Å². The lowest BCUT2D eigenvalue weighted by atomic mass is 10.1. The molecule has 0 unspecified atom stereocenters. The molecule has 0 aliphatic heterocycles. The molecule has 8 heteroatoms. The normalized spacial score (nSPS) is 11.0. The van der Waals surface area contributed by atoms with E-state index >= 15 is 0 Å². The largest absolute Gasteiger partial charge is 0.435 e. The van der Waals surface area contributed by atoms with Crippen LogP contribution in [0.25, 0.3) is 10.8 Å². The first kappa shape index (κ1) is 20.4. The highest BCUT2D eigenvalue weighted by molar-refractivity contribution is 6.11. The number of unbranched alkanes of at least 4 members (excludes halogenated alkanes) is 2. The third-order valence-electron chi connectivity index (χ3n) is 4.39. The molecule has 0 bridgehead atoms. The van der Waals surface area contributed by atoms with E-state index in [0.717, 1.165) is 19.3 Å². The van der Waals surface area contributed by atoms with Gasteiger partial charge in [0.05, 0.1) is 5.39 Å². The van der Waals surface area contributed by atoms with Gasteiger partial charge in [0.2, 0.25) is 0 Å². The molecular formula is C21H21F2N3O3. The summed E-state index contributed by atoms with van der Waals surface area (Å²) in [5.74, 6) is -0.501. The van der Waals surface area contributed by atoms with E-state index in [0.29, 0.717) is 23.0 Å². The number of carbonyl (C=O) groups is 1. The van der Waals surface area contributed by atoms with Gasteiger partial charge in [-0.05, 0) is 36.8 Å². The van der Waals surface area contributed by atoms with Crippen LogP contribution in [0.4, 0.5) is 14.5 Å². The van der Waals surface area contributed by atoms with E-state index in [1.807, 2.05) is 0 Å². The van der Waals surface area contributed by atoms with Crippen molar-refractivity contribution < 1.29 is 18.3 Å². The molecular weight excluding hydrogens is 380 g/mol. The number of rotatable bonds is 8. The molecule has 1 N–H and O–H groups in total. The first-order valence-electron chi connectivity index (χ1n) is 9.35. The van der Waals surface area contributed by atoms with Gasteiger partial charge in [-0.3, -0.25) is 9.59 Å². The second kappa shape index (κ2) is 9.27. The monoisotopic (exact) mass is 401 g/mol. The number of nitrogens with zero attached hydrogens (tertiary/aromatic N) is 2. The van der Waals surface area contributed by atoms with Crippen LogP contribution in [-0.2, 0) is 6.54 Å². The second-order valence-electron chi connectivity index (χ2n) is 6.49. The van der Waals surface area contributed by atoms with E-state index in [9.17, 15) is 18.4 Å². The highest BCUT2D eigenvalue weighted by Crippen LogP contribution is 2.20. The third kappa shape index (κ3) is 4.96. The standard InChI is InChI=1S/C21H21F2N3O3/c1-2-3-6-13-26-20(28)17-8-5-4-7-16(17)18(25-26)19(27)24-14-9-11-15(12-10-14)29-21(22)23/h4-5,7-12,21H,2-3,6,13H2,1H3,(H,24,27). The first-order chi connectivity index (χ1) is 14.0. The Bertz CT molecular complexity index is 1050. The summed E-state index contributed by atoms with van der Waals surface area (Å²) in [6, 6.07) is 12.4. The minimum absolute atomic E-state index is 0.00829. The lowest BCUT2D eigenvalue weighted by Crippen LogP contribution is -2.27. The molecule has 0 aliphatic carbocycles. The van der Waals surface area contributed by atoms with Gasteiger partial charge in [0.15, 0.2) is 5.69 Å². The molecule has 0 radical (unpaired) electrons. The van der Waals surface area contributed by atoms with Gasteiger partial charge in [-0.25, -0.2) is 4.68 Å². The van der Waals surface area contributed by atoms with Crippen molar-refractivity contribution in [2.45, 2.75) is 39.3 Å². The lowest BCUT2D eigenvalue weighted by Gasteiger charge is -2.12. The van der Waals surface area contributed by atoms with Gasteiger partial charge in [-0.2, -0.15) is 13.9 Å². The molecule has 0 spiro atoms. The summed E-state index contributed by atoms with van der Waals surface area (Å²) >= 11 is 0. The zero-order chi connectivity index (χ0) is 20.8. The van der Waals surface area contributed by atoms with Crippen LogP contribution in [0.15, 0.2) is 53.3 Å². The van der Waals surface area contributed by atoms with Crippen LogP contribution < -0.4 is 15.6 Å². The number of hydrogen-bond acceptors (Lipinski definition) is 4. The van der Waals surface area contributed by atoms with Crippen LogP contribution in [-0.4, -0.2) is 22.3 Å². The number of benzene rings is 2. The highest BCUT2D eigenvalue weighted by atomic mass is 19.3. The number of carbonyl (C=O) groups excluding carboxylic acids is 1. The van der Waals surface area contributed by atoms with Gasteiger partial charge < -0.3 is 10.1 Å². The molecule has 0 saturated heterocycles. The first-order valence-corrected chi connectivity index (χ1v) is 9.35. The fourth-order valence-electron chi connectivity index (χ4n) is 2.98. The number of aromatic nitrogens is 2. The van der Waals surface area contributed by atoms with Crippen LogP contribution in [0, 0.1) is 0 Å². The second-order valence-corrected chi connectivity index (χ2v) is 6.49. The summed E-state index contributed by atoms with van der Waals surface area (Å²) in [5.41, 5.74) is 0.289. The predicted octanol–water partition coefficient (Wildman–Crippen LogP) is 4.44. The summed E-state index contributed by atoms with van der Waals surface area (Å²) in [5, 5.41) is 7.86. The molecule has 6 nitrogen and oxygen atoms in total. The van der Waals surface area contributed by atoms with Crippen molar-refractivity contribution in [3.8, 4) is 5.75 Å². The summed E-state index contributed by atoms with van der Waals surface area (Å²) in [7, 11) is 0. The van der Waals surface area contributed by atoms with Gasteiger partial charge in [0.25, 0.3) is 11.5 Å². The summed E-state index contributed by atoms with van der Waals surface area (Å²) < 4.78 is 30.1. The average molecular weight is 401 g/mol. The van der Waals surface area contributed by atoms with E-state index in [4.69, 9.17) is 0 Å². The van der Waals surface area contributed by atoms with Crippen molar-refractivity contribution in [1.29, 1.82) is 0 Å². The lowest BCUT2D eigenvalue weighted by molar-refractivity contribution is -0.0498. The molecule has 3 rings (SSSR count). The number of halogens is 2. The Labute approximate surface area is 166 Å². The van der Waals surface area contributed by atoms with Gasteiger partial charge in [-0.1, -0.05) is 38.0 Å². The number of nitrogens with one attached hydrogen (secondary N) is 1. The number of alkyl halides is 2. The molecule has 1 heterocycles. The number of amides is 1. The topological polar surface area (TPSA) is 73.2 Å². The fraction of sp³-hybridized carbons (Fsp3) is 0.286. The van der Waals surface area contributed by atoms with Gasteiger partial charge >= 0.3 is 6.61 Å². The maximum Gasteiger partial charge on any atom is 0.387 e. The molecule has 152 valence electrons. The minimum Gasteiger partial charge on any atom is -0.435 e. The molecule has 0 atom stereocenters. The zero-order valence-corrected chi connectivity index (χ0v) is 15.9. The van der Waals surface area contributed by atoms with Crippen LogP contribution >= 0.6 is 0 Å². The summed E-state index contributed by atoms with van der Waals surface area (Å²) in [4.78, 5) is 25.5. The quantitative estimate of drug-likeness (QED) is 0.567. The van der Waals surface area contributed by atoms with Crippen molar-refractivity contribution in [3.05, 3.63) is 64.6 Å². The van der Waals surface area contributed by atoms with E-state index in [1.54, 1.807) is 24.3 Å². The summed E-state index contributed by atoms with van der Waals surface area (Å²) in [6.45, 7) is -0.426. The van der Waals surface area contributed by atoms with E-state index in [1.165, 1.54) is 28.9 Å². The zero-order valence-electron chi connectivity index (χ0n) is 15.9. The maximum absolute atomic E-state index is 12.8. The SMILES string of the molecule is CCCCCn1nc(C(=O)Nc2ccc(OC(F)F)cc2)c2ccccc2c1=O. The number of ether oxygens (including phenoxy) is 1. The van der Waals surface area contributed by atoms with E-state index in [2.05, 4.69) is 22.1 Å². The Kier molecular flexibility index (Phi) is 6.54. The van der Waals surface area contributed by atoms with Crippen molar-refractivity contribution in [2.75, 3.05) is 5.32 Å². The molecule has 0 aliphatic rings. The molecule has 3 aromatic rings. The van der Waals surface area contributed by atoms with Crippen molar-refractivity contribution in [1.82, 2.24) is 9.78 Å². The van der Waals surface area contributed by atoms with E-state index in [-0.39, 0.29) is 17.0 Å². The number of fused-ring (bicyclic) bond motifs is 1. The molecule has 29 heavy (non-hydrogen) atoms. The maximum atomic E-state index is 12.8. The van der Waals surface area contributed by atoms with Gasteiger partial charge in [0, 0.05) is 17.6 Å². The Balaban J connectivity index is 1.90. The Hall–Kier alpha value is -3.29. The fourth-order valence-corrected chi connectivity index (χ4v) is 2.98. The Morgan fingerprint density at radius 1 is 1.10 bits per heavy atom. The molecule has 1 aromatic heterocycles. The van der Waals surface area contributed by atoms with Crippen molar-refractivity contribution >= 4 is 22.4 Å². The van der Waals surface area contributed by atoms with Crippen LogP contribution in [0.3, 0.4) is 0 Å². The summed E-state index contributed by atoms with van der Waals surface area (Å²) in [6.07, 6.45) is 2.74. The molecule has 1 amide bonds. The minimum atomic E-state index is -2.92. The number of aryl methyl sites for hydroxylation is 1. The van der Waals surface area contributed by atoms with Crippen LogP contribution in [0.2, 0.25) is 0 Å². The average Bonchev–Trinajstić information content (AvgIpc) is 2.71. The van der Waals surface area contributed by atoms with E-state index < -0.39 is 12.5 Å².